The molecule has 0 radical (unpaired) electrons. The molecule has 0 saturated heterocycles. The van der Waals surface area contributed by atoms with Crippen LogP contribution in [0.3, 0.4) is 0 Å². The minimum absolute atomic E-state index is 0.152. The van der Waals surface area contributed by atoms with Gasteiger partial charge in [0.15, 0.2) is 0 Å². The molecule has 0 aliphatic carbocycles. The van der Waals surface area contributed by atoms with E-state index in [0.717, 1.165) is 5.56 Å². The zero-order valence-corrected chi connectivity index (χ0v) is 13.2. The number of amides is 1. The lowest BCUT2D eigenvalue weighted by molar-refractivity contribution is -0.385. The summed E-state index contributed by atoms with van der Waals surface area (Å²) in [6.45, 7) is 1.81. The lowest BCUT2D eigenvalue weighted by Crippen LogP contribution is -2.14. The Balaban J connectivity index is 2.33. The Labute approximate surface area is 134 Å². The quantitative estimate of drug-likeness (QED) is 0.636. The van der Waals surface area contributed by atoms with Gasteiger partial charge in [0, 0.05) is 16.8 Å². The second kappa shape index (κ2) is 6.24. The average molecular weight is 370 g/mol. The fourth-order valence-corrected chi connectivity index (χ4v) is 2.61. The first-order chi connectivity index (χ1) is 9.90. The largest absolute Gasteiger partial charge is 0.322 e. The summed E-state index contributed by atoms with van der Waals surface area (Å²) in [7, 11) is 0. The lowest BCUT2D eigenvalue weighted by atomic mass is 10.1. The van der Waals surface area contributed by atoms with Gasteiger partial charge >= 0.3 is 0 Å². The number of anilines is 1. The Morgan fingerprint density at radius 3 is 2.67 bits per heavy atom. The summed E-state index contributed by atoms with van der Waals surface area (Å²) in [5.74, 6) is -0.434. The van der Waals surface area contributed by atoms with E-state index in [1.807, 2.05) is 6.92 Å². The van der Waals surface area contributed by atoms with E-state index >= 15 is 0 Å². The SMILES string of the molecule is Cc1cc(Cl)ccc1NC(=O)c1cccc([N+](=O)[O-])c1Br. The number of carbonyl (C=O) groups is 1. The number of hydrogen-bond donors (Lipinski definition) is 1. The molecule has 0 spiro atoms. The van der Waals surface area contributed by atoms with Crippen molar-refractivity contribution in [3.63, 3.8) is 0 Å². The number of halogens is 2. The van der Waals surface area contributed by atoms with Crippen molar-refractivity contribution in [3.05, 3.63) is 67.1 Å². The number of rotatable bonds is 3. The smallest absolute Gasteiger partial charge is 0.284 e. The first-order valence-electron chi connectivity index (χ1n) is 5.90. The van der Waals surface area contributed by atoms with Crippen LogP contribution < -0.4 is 5.32 Å². The van der Waals surface area contributed by atoms with Crippen LogP contribution >= 0.6 is 27.5 Å². The Morgan fingerprint density at radius 1 is 1.33 bits per heavy atom. The van der Waals surface area contributed by atoms with Crippen molar-refractivity contribution in [3.8, 4) is 0 Å². The molecular formula is C14H10BrClN2O3. The van der Waals surface area contributed by atoms with Gasteiger partial charge in [-0.15, -0.1) is 0 Å². The molecule has 0 bridgehead atoms. The highest BCUT2D eigenvalue weighted by atomic mass is 79.9. The topological polar surface area (TPSA) is 72.2 Å². The van der Waals surface area contributed by atoms with Gasteiger partial charge in [-0.2, -0.15) is 0 Å². The number of nitrogens with one attached hydrogen (secondary N) is 1. The van der Waals surface area contributed by atoms with E-state index in [4.69, 9.17) is 11.6 Å². The molecule has 2 aromatic rings. The number of nitro groups is 1. The maximum absolute atomic E-state index is 12.3. The minimum Gasteiger partial charge on any atom is -0.322 e. The summed E-state index contributed by atoms with van der Waals surface area (Å²) in [6.07, 6.45) is 0. The van der Waals surface area contributed by atoms with Crippen LogP contribution in [0.25, 0.3) is 0 Å². The Morgan fingerprint density at radius 2 is 2.05 bits per heavy atom. The molecule has 0 aliphatic rings. The summed E-state index contributed by atoms with van der Waals surface area (Å²) in [6, 6.07) is 9.37. The van der Waals surface area contributed by atoms with Gasteiger partial charge < -0.3 is 5.32 Å². The van der Waals surface area contributed by atoms with Gasteiger partial charge in [-0.1, -0.05) is 17.7 Å². The van der Waals surface area contributed by atoms with Crippen molar-refractivity contribution < 1.29 is 9.72 Å². The van der Waals surface area contributed by atoms with Crippen LogP contribution in [0.1, 0.15) is 15.9 Å². The fourth-order valence-electron chi connectivity index (χ4n) is 1.79. The van der Waals surface area contributed by atoms with Gasteiger partial charge in [-0.25, -0.2) is 0 Å². The van der Waals surface area contributed by atoms with Crippen LogP contribution in [0.15, 0.2) is 40.9 Å². The molecule has 5 nitrogen and oxygen atoms in total. The molecule has 1 N–H and O–H groups in total. The molecule has 0 heterocycles. The molecule has 21 heavy (non-hydrogen) atoms. The molecule has 108 valence electrons. The Bertz CT molecular complexity index is 734. The molecule has 0 fully saturated rings. The Hall–Kier alpha value is -1.92. The van der Waals surface area contributed by atoms with Crippen molar-refractivity contribution in [2.24, 2.45) is 0 Å². The molecule has 2 aromatic carbocycles. The minimum atomic E-state index is -0.547. The first-order valence-corrected chi connectivity index (χ1v) is 7.07. The molecule has 1 amide bonds. The van der Waals surface area contributed by atoms with E-state index < -0.39 is 10.8 Å². The highest BCUT2D eigenvalue weighted by Gasteiger charge is 2.19. The highest BCUT2D eigenvalue weighted by Crippen LogP contribution is 2.29. The zero-order valence-electron chi connectivity index (χ0n) is 10.9. The van der Waals surface area contributed by atoms with Crippen LogP contribution in [-0.4, -0.2) is 10.8 Å². The van der Waals surface area contributed by atoms with Gasteiger partial charge in [0.05, 0.1) is 10.5 Å². The molecule has 7 heteroatoms. The van der Waals surface area contributed by atoms with Crippen LogP contribution in [0, 0.1) is 17.0 Å². The van der Waals surface area contributed by atoms with E-state index in [1.165, 1.54) is 18.2 Å². The van der Waals surface area contributed by atoms with Crippen molar-refractivity contribution in [1.82, 2.24) is 0 Å². The number of nitro benzene ring substituents is 1. The second-order valence-electron chi connectivity index (χ2n) is 4.31. The maximum Gasteiger partial charge on any atom is 0.284 e. The normalized spacial score (nSPS) is 10.2. The molecule has 2 rings (SSSR count). The highest BCUT2D eigenvalue weighted by molar-refractivity contribution is 9.10. The van der Waals surface area contributed by atoms with Crippen LogP contribution in [0.2, 0.25) is 5.02 Å². The number of carbonyl (C=O) groups excluding carboxylic acids is 1. The molecular weight excluding hydrogens is 360 g/mol. The average Bonchev–Trinajstić information content (AvgIpc) is 2.41. The van der Waals surface area contributed by atoms with Crippen molar-refractivity contribution >= 4 is 44.8 Å². The van der Waals surface area contributed by atoms with Crippen molar-refractivity contribution in [2.75, 3.05) is 5.32 Å². The molecule has 0 aliphatic heterocycles. The second-order valence-corrected chi connectivity index (χ2v) is 5.54. The molecule has 0 atom stereocenters. The van der Waals surface area contributed by atoms with E-state index in [1.54, 1.807) is 18.2 Å². The van der Waals surface area contributed by atoms with E-state index in [2.05, 4.69) is 21.2 Å². The lowest BCUT2D eigenvalue weighted by Gasteiger charge is -2.10. The summed E-state index contributed by atoms with van der Waals surface area (Å²) in [5, 5.41) is 14.2. The third kappa shape index (κ3) is 3.40. The van der Waals surface area contributed by atoms with Crippen LogP contribution in [0.4, 0.5) is 11.4 Å². The number of nitrogens with zero attached hydrogens (tertiary/aromatic N) is 1. The number of hydrogen-bond acceptors (Lipinski definition) is 3. The predicted octanol–water partition coefficient (Wildman–Crippen LogP) is 4.57. The monoisotopic (exact) mass is 368 g/mol. The zero-order chi connectivity index (χ0) is 15.6. The first kappa shape index (κ1) is 15.5. The van der Waals surface area contributed by atoms with E-state index in [0.29, 0.717) is 10.7 Å². The van der Waals surface area contributed by atoms with Gasteiger partial charge in [0.2, 0.25) is 0 Å². The van der Waals surface area contributed by atoms with Crippen LogP contribution in [0.5, 0.6) is 0 Å². The molecule has 0 aromatic heterocycles. The van der Waals surface area contributed by atoms with Gasteiger partial charge in [0.25, 0.3) is 11.6 Å². The van der Waals surface area contributed by atoms with E-state index in [-0.39, 0.29) is 15.7 Å². The maximum atomic E-state index is 12.3. The summed E-state index contributed by atoms with van der Waals surface area (Å²) >= 11 is 8.96. The summed E-state index contributed by atoms with van der Waals surface area (Å²) < 4.78 is 0.152. The Kier molecular flexibility index (Phi) is 4.59. The standard InChI is InChI=1S/C14H10BrClN2O3/c1-8-7-9(16)5-6-11(8)17-14(19)10-3-2-4-12(13(10)15)18(20)21/h2-7H,1H3,(H,17,19). The van der Waals surface area contributed by atoms with E-state index in [9.17, 15) is 14.9 Å². The molecule has 0 unspecified atom stereocenters. The molecule has 0 saturated carbocycles. The van der Waals surface area contributed by atoms with Gasteiger partial charge in [-0.3, -0.25) is 14.9 Å². The van der Waals surface area contributed by atoms with Crippen molar-refractivity contribution in [2.45, 2.75) is 6.92 Å². The number of benzene rings is 2. The number of aryl methyl sites for hydroxylation is 1. The van der Waals surface area contributed by atoms with Crippen molar-refractivity contribution in [1.29, 1.82) is 0 Å². The van der Waals surface area contributed by atoms with Gasteiger partial charge in [-0.05, 0) is 52.7 Å². The van der Waals surface area contributed by atoms with Gasteiger partial charge in [0.1, 0.15) is 4.47 Å². The predicted molar refractivity (Wildman–Crippen MR) is 84.9 cm³/mol. The fraction of sp³-hybridized carbons (Fsp3) is 0.0714. The third-order valence-corrected chi connectivity index (χ3v) is 3.92. The third-order valence-electron chi connectivity index (χ3n) is 2.86. The summed E-state index contributed by atoms with van der Waals surface area (Å²) in [4.78, 5) is 22.6. The summed E-state index contributed by atoms with van der Waals surface area (Å²) in [5.41, 5.74) is 1.44. The van der Waals surface area contributed by atoms with Crippen LogP contribution in [-0.2, 0) is 0 Å².